The van der Waals surface area contributed by atoms with E-state index in [-0.39, 0.29) is 12.1 Å². The van der Waals surface area contributed by atoms with Crippen LogP contribution in [0.1, 0.15) is 25.5 Å². The van der Waals surface area contributed by atoms with E-state index in [0.29, 0.717) is 12.6 Å². The minimum atomic E-state index is 0.213. The summed E-state index contributed by atoms with van der Waals surface area (Å²) in [6, 6.07) is 8.57. The van der Waals surface area contributed by atoms with Gasteiger partial charge in [0.15, 0.2) is 0 Å². The third-order valence-corrected chi connectivity index (χ3v) is 3.75. The Bertz CT molecular complexity index is 399. The van der Waals surface area contributed by atoms with Crippen LogP contribution in [0.3, 0.4) is 0 Å². The molecule has 1 aliphatic rings. The molecule has 1 heterocycles. The first-order valence-electron chi connectivity index (χ1n) is 6.44. The maximum Gasteiger partial charge on any atom is 0.0675 e. The Hall–Kier alpha value is -0.610. The summed E-state index contributed by atoms with van der Waals surface area (Å²) in [7, 11) is 0. The van der Waals surface area contributed by atoms with Gasteiger partial charge in [0.1, 0.15) is 0 Å². The molecule has 18 heavy (non-hydrogen) atoms. The Balaban J connectivity index is 2.21. The van der Waals surface area contributed by atoms with Gasteiger partial charge in [-0.3, -0.25) is 4.90 Å². The van der Waals surface area contributed by atoms with E-state index in [1.54, 1.807) is 0 Å². The third kappa shape index (κ3) is 3.04. The summed E-state index contributed by atoms with van der Waals surface area (Å²) >= 11 is 6.07. The molecular weight excluding hydrogens is 248 g/mol. The Kier molecular flexibility index (Phi) is 4.62. The van der Waals surface area contributed by atoms with Crippen LogP contribution in [0, 0.1) is 0 Å². The van der Waals surface area contributed by atoms with Crippen LogP contribution in [-0.2, 0) is 4.74 Å². The quantitative estimate of drug-likeness (QED) is 0.915. The van der Waals surface area contributed by atoms with E-state index in [1.165, 1.54) is 5.56 Å². The molecule has 0 aliphatic carbocycles. The minimum Gasteiger partial charge on any atom is -0.376 e. The molecule has 1 aromatic rings. The van der Waals surface area contributed by atoms with Crippen LogP contribution in [0.5, 0.6) is 0 Å². The highest BCUT2D eigenvalue weighted by molar-refractivity contribution is 6.30. The van der Waals surface area contributed by atoms with Crippen LogP contribution in [0.15, 0.2) is 24.3 Å². The van der Waals surface area contributed by atoms with Crippen LogP contribution in [0.2, 0.25) is 5.02 Å². The van der Waals surface area contributed by atoms with Gasteiger partial charge in [-0.25, -0.2) is 0 Å². The number of nitrogens with zero attached hydrogens (tertiary/aromatic N) is 1. The summed E-state index contributed by atoms with van der Waals surface area (Å²) in [6.45, 7) is 6.55. The lowest BCUT2D eigenvalue weighted by atomic mass is 10.0. The summed E-state index contributed by atoms with van der Waals surface area (Å²) in [5.41, 5.74) is 7.15. The second-order valence-electron chi connectivity index (χ2n) is 5.00. The van der Waals surface area contributed by atoms with Gasteiger partial charge in [0.05, 0.1) is 12.7 Å². The monoisotopic (exact) mass is 268 g/mol. The molecule has 1 aliphatic heterocycles. The molecule has 4 heteroatoms. The van der Waals surface area contributed by atoms with E-state index in [1.807, 2.05) is 18.2 Å². The Labute approximate surface area is 114 Å². The highest BCUT2D eigenvalue weighted by atomic mass is 35.5. The molecule has 100 valence electrons. The maximum absolute atomic E-state index is 6.07. The van der Waals surface area contributed by atoms with Crippen LogP contribution in [0.4, 0.5) is 0 Å². The molecule has 1 fully saturated rings. The predicted molar refractivity (Wildman–Crippen MR) is 74.8 cm³/mol. The van der Waals surface area contributed by atoms with Gasteiger partial charge in [-0.15, -0.1) is 0 Å². The molecule has 0 amide bonds. The fourth-order valence-corrected chi connectivity index (χ4v) is 2.74. The van der Waals surface area contributed by atoms with E-state index < -0.39 is 0 Å². The predicted octanol–water partition coefficient (Wildman–Crippen LogP) is 2.45. The Morgan fingerprint density at radius 2 is 2.28 bits per heavy atom. The van der Waals surface area contributed by atoms with Crippen molar-refractivity contribution in [2.24, 2.45) is 5.73 Å². The topological polar surface area (TPSA) is 38.5 Å². The van der Waals surface area contributed by atoms with Crippen molar-refractivity contribution in [3.63, 3.8) is 0 Å². The van der Waals surface area contributed by atoms with Gasteiger partial charge < -0.3 is 10.5 Å². The summed E-state index contributed by atoms with van der Waals surface area (Å²) in [5, 5.41) is 0.764. The lowest BCUT2D eigenvalue weighted by Crippen LogP contribution is -2.50. The molecular formula is C14H21ClN2O. The number of nitrogens with two attached hydrogens (primary N) is 1. The number of ether oxygens (including phenoxy) is 1. The maximum atomic E-state index is 6.07. The zero-order valence-corrected chi connectivity index (χ0v) is 11.7. The first kappa shape index (κ1) is 13.8. The SMILES string of the molecule is CC1CN(C(CN)c2cccc(Cl)c2)C(C)CO1. The van der Waals surface area contributed by atoms with E-state index in [2.05, 4.69) is 24.8 Å². The molecule has 1 saturated heterocycles. The largest absolute Gasteiger partial charge is 0.376 e. The normalized spacial score (nSPS) is 27.1. The second kappa shape index (κ2) is 6.02. The number of morpholine rings is 1. The Morgan fingerprint density at radius 1 is 1.50 bits per heavy atom. The van der Waals surface area contributed by atoms with Gasteiger partial charge in [-0.05, 0) is 31.5 Å². The molecule has 0 bridgehead atoms. The van der Waals surface area contributed by atoms with Crippen LogP contribution in [0.25, 0.3) is 0 Å². The van der Waals surface area contributed by atoms with E-state index in [9.17, 15) is 0 Å². The van der Waals surface area contributed by atoms with Crippen molar-refractivity contribution in [2.75, 3.05) is 19.7 Å². The van der Waals surface area contributed by atoms with Crippen molar-refractivity contribution in [2.45, 2.75) is 32.0 Å². The van der Waals surface area contributed by atoms with Gasteiger partial charge >= 0.3 is 0 Å². The highest BCUT2D eigenvalue weighted by Gasteiger charge is 2.29. The molecule has 2 rings (SSSR count). The van der Waals surface area contributed by atoms with E-state index in [0.717, 1.165) is 18.2 Å². The van der Waals surface area contributed by atoms with Gasteiger partial charge in [-0.1, -0.05) is 23.7 Å². The molecule has 1 aromatic carbocycles. The molecule has 0 saturated carbocycles. The zero-order valence-electron chi connectivity index (χ0n) is 11.0. The van der Waals surface area contributed by atoms with Crippen molar-refractivity contribution in [1.82, 2.24) is 4.90 Å². The van der Waals surface area contributed by atoms with Crippen molar-refractivity contribution >= 4 is 11.6 Å². The van der Waals surface area contributed by atoms with Crippen LogP contribution >= 0.6 is 11.6 Å². The molecule has 2 N–H and O–H groups in total. The van der Waals surface area contributed by atoms with Crippen LogP contribution < -0.4 is 5.73 Å². The lowest BCUT2D eigenvalue weighted by Gasteiger charge is -2.41. The fraction of sp³-hybridized carbons (Fsp3) is 0.571. The average molecular weight is 269 g/mol. The number of hydrogen-bond acceptors (Lipinski definition) is 3. The zero-order chi connectivity index (χ0) is 13.1. The van der Waals surface area contributed by atoms with Crippen LogP contribution in [-0.4, -0.2) is 36.7 Å². The number of benzene rings is 1. The summed E-state index contributed by atoms with van der Waals surface area (Å²) < 4.78 is 5.67. The summed E-state index contributed by atoms with van der Waals surface area (Å²) in [6.07, 6.45) is 0.259. The average Bonchev–Trinajstić information content (AvgIpc) is 2.35. The summed E-state index contributed by atoms with van der Waals surface area (Å²) in [4.78, 5) is 2.42. The first-order valence-corrected chi connectivity index (χ1v) is 6.82. The standard InChI is InChI=1S/C14H21ClN2O/c1-10-9-18-11(2)8-17(10)14(7-16)12-4-3-5-13(15)6-12/h3-6,10-11,14H,7-9,16H2,1-2H3. The molecule has 0 spiro atoms. The smallest absolute Gasteiger partial charge is 0.0675 e. The van der Waals surface area contributed by atoms with Crippen molar-refractivity contribution < 1.29 is 4.74 Å². The van der Waals surface area contributed by atoms with Gasteiger partial charge in [-0.2, -0.15) is 0 Å². The lowest BCUT2D eigenvalue weighted by molar-refractivity contribution is -0.0653. The van der Waals surface area contributed by atoms with Gasteiger partial charge in [0, 0.05) is 30.2 Å². The minimum absolute atomic E-state index is 0.213. The number of hydrogen-bond donors (Lipinski definition) is 1. The van der Waals surface area contributed by atoms with Crippen molar-refractivity contribution in [3.8, 4) is 0 Å². The summed E-state index contributed by atoms with van der Waals surface area (Å²) in [5.74, 6) is 0. The first-order chi connectivity index (χ1) is 8.61. The second-order valence-corrected chi connectivity index (χ2v) is 5.43. The third-order valence-electron chi connectivity index (χ3n) is 3.51. The molecule has 3 atom stereocenters. The molecule has 3 unspecified atom stereocenters. The van der Waals surface area contributed by atoms with Crippen molar-refractivity contribution in [1.29, 1.82) is 0 Å². The number of halogens is 1. The van der Waals surface area contributed by atoms with Gasteiger partial charge in [0.2, 0.25) is 0 Å². The highest BCUT2D eigenvalue weighted by Crippen LogP contribution is 2.27. The Morgan fingerprint density at radius 3 is 2.94 bits per heavy atom. The van der Waals surface area contributed by atoms with E-state index >= 15 is 0 Å². The van der Waals surface area contributed by atoms with Crippen molar-refractivity contribution in [3.05, 3.63) is 34.9 Å². The fourth-order valence-electron chi connectivity index (χ4n) is 2.54. The molecule has 0 aromatic heterocycles. The van der Waals surface area contributed by atoms with E-state index in [4.69, 9.17) is 22.1 Å². The number of rotatable bonds is 3. The van der Waals surface area contributed by atoms with Gasteiger partial charge in [0.25, 0.3) is 0 Å². The molecule has 3 nitrogen and oxygen atoms in total. The molecule has 0 radical (unpaired) electrons.